The lowest BCUT2D eigenvalue weighted by molar-refractivity contribution is -0.116. The Balaban J connectivity index is 1.81. The SMILES string of the molecule is COc1cccc([C@H]2CC(=O)Nc3c(-c4cccc(F)c4)nsc32)c1. The Bertz CT molecular complexity index is 954. The van der Waals surface area contributed by atoms with Crippen molar-refractivity contribution in [3.8, 4) is 17.0 Å². The summed E-state index contributed by atoms with van der Waals surface area (Å²) in [6.07, 6.45) is 0.352. The number of ether oxygens (including phenoxy) is 1. The first-order chi connectivity index (χ1) is 12.2. The van der Waals surface area contributed by atoms with Crippen LogP contribution in [-0.4, -0.2) is 17.4 Å². The molecule has 1 amide bonds. The number of aromatic nitrogens is 1. The van der Waals surface area contributed by atoms with E-state index < -0.39 is 0 Å². The van der Waals surface area contributed by atoms with E-state index in [2.05, 4.69) is 9.69 Å². The number of halogens is 1. The number of nitrogens with one attached hydrogen (secondary N) is 1. The Labute approximate surface area is 148 Å². The zero-order chi connectivity index (χ0) is 17.4. The van der Waals surface area contributed by atoms with Crippen molar-refractivity contribution in [3.63, 3.8) is 0 Å². The van der Waals surface area contributed by atoms with Crippen LogP contribution in [0.4, 0.5) is 10.1 Å². The van der Waals surface area contributed by atoms with Gasteiger partial charge in [-0.2, -0.15) is 4.37 Å². The smallest absolute Gasteiger partial charge is 0.225 e. The molecule has 1 aromatic heterocycles. The predicted octanol–water partition coefficient (Wildman–Crippen LogP) is 4.43. The van der Waals surface area contributed by atoms with Crippen molar-refractivity contribution in [2.24, 2.45) is 0 Å². The maximum absolute atomic E-state index is 13.6. The number of carbonyl (C=O) groups is 1. The average Bonchev–Trinajstić information content (AvgIpc) is 3.04. The van der Waals surface area contributed by atoms with Crippen LogP contribution in [0.5, 0.6) is 5.75 Å². The van der Waals surface area contributed by atoms with Crippen molar-refractivity contribution >= 4 is 23.1 Å². The van der Waals surface area contributed by atoms with E-state index in [-0.39, 0.29) is 17.6 Å². The number of rotatable bonds is 3. The lowest BCUT2D eigenvalue weighted by atomic mass is 9.89. The summed E-state index contributed by atoms with van der Waals surface area (Å²) in [5, 5.41) is 2.91. The lowest BCUT2D eigenvalue weighted by Crippen LogP contribution is -2.22. The minimum absolute atomic E-state index is 0.0711. The highest BCUT2D eigenvalue weighted by Gasteiger charge is 2.31. The highest BCUT2D eigenvalue weighted by Crippen LogP contribution is 2.45. The van der Waals surface area contributed by atoms with Crippen molar-refractivity contribution in [2.45, 2.75) is 12.3 Å². The van der Waals surface area contributed by atoms with Crippen LogP contribution in [-0.2, 0) is 4.79 Å². The molecule has 1 aliphatic heterocycles. The largest absolute Gasteiger partial charge is 0.497 e. The highest BCUT2D eigenvalue weighted by molar-refractivity contribution is 7.07. The molecule has 0 radical (unpaired) electrons. The van der Waals surface area contributed by atoms with Gasteiger partial charge in [0.05, 0.1) is 17.7 Å². The Morgan fingerprint density at radius 1 is 1.24 bits per heavy atom. The van der Waals surface area contributed by atoms with Gasteiger partial charge in [0.2, 0.25) is 5.91 Å². The van der Waals surface area contributed by atoms with E-state index in [9.17, 15) is 9.18 Å². The van der Waals surface area contributed by atoms with Gasteiger partial charge < -0.3 is 10.1 Å². The van der Waals surface area contributed by atoms with Gasteiger partial charge in [-0.15, -0.1) is 0 Å². The van der Waals surface area contributed by atoms with E-state index in [0.717, 1.165) is 16.2 Å². The summed E-state index contributed by atoms with van der Waals surface area (Å²) in [5.41, 5.74) is 2.95. The molecule has 0 saturated carbocycles. The van der Waals surface area contributed by atoms with Gasteiger partial charge in [-0.05, 0) is 41.4 Å². The van der Waals surface area contributed by atoms with E-state index >= 15 is 0 Å². The van der Waals surface area contributed by atoms with Crippen LogP contribution in [0, 0.1) is 5.82 Å². The van der Waals surface area contributed by atoms with Crippen LogP contribution in [0.1, 0.15) is 22.8 Å². The maximum Gasteiger partial charge on any atom is 0.225 e. The first-order valence-electron chi connectivity index (χ1n) is 7.85. The summed E-state index contributed by atoms with van der Waals surface area (Å²) < 4.78 is 23.4. The summed E-state index contributed by atoms with van der Waals surface area (Å²) in [7, 11) is 1.62. The second-order valence-electron chi connectivity index (χ2n) is 5.86. The topological polar surface area (TPSA) is 51.2 Å². The van der Waals surface area contributed by atoms with Gasteiger partial charge in [0.25, 0.3) is 0 Å². The van der Waals surface area contributed by atoms with Crippen molar-refractivity contribution in [1.29, 1.82) is 0 Å². The molecule has 1 aliphatic rings. The fraction of sp³-hybridized carbons (Fsp3) is 0.158. The summed E-state index contributed by atoms with van der Waals surface area (Å²) in [4.78, 5) is 13.3. The lowest BCUT2D eigenvalue weighted by Gasteiger charge is -2.23. The summed E-state index contributed by atoms with van der Waals surface area (Å²) in [6.45, 7) is 0. The minimum Gasteiger partial charge on any atom is -0.497 e. The van der Waals surface area contributed by atoms with Gasteiger partial charge in [0, 0.05) is 17.9 Å². The number of methoxy groups -OCH3 is 1. The Morgan fingerprint density at radius 2 is 2.08 bits per heavy atom. The second kappa shape index (κ2) is 6.29. The molecule has 1 atom stereocenters. The molecule has 0 unspecified atom stereocenters. The first-order valence-corrected chi connectivity index (χ1v) is 8.62. The van der Waals surface area contributed by atoms with Gasteiger partial charge in [-0.25, -0.2) is 4.39 Å². The number of anilines is 1. The standard InChI is InChI=1S/C19H15FN2O2S/c1-24-14-7-3-4-11(9-14)15-10-16(23)21-18-17(22-25-19(15)18)12-5-2-6-13(20)8-12/h2-9,15H,10H2,1H3,(H,21,23)/t15-/m1/s1. The Hall–Kier alpha value is -2.73. The van der Waals surface area contributed by atoms with E-state index in [1.165, 1.54) is 23.7 Å². The molecule has 25 heavy (non-hydrogen) atoms. The fourth-order valence-electron chi connectivity index (χ4n) is 3.09. The van der Waals surface area contributed by atoms with E-state index in [4.69, 9.17) is 4.74 Å². The third-order valence-corrected chi connectivity index (χ3v) is 5.24. The fourth-order valence-corrected chi connectivity index (χ4v) is 4.06. The zero-order valence-corrected chi connectivity index (χ0v) is 14.3. The third-order valence-electron chi connectivity index (χ3n) is 4.28. The molecular formula is C19H15FN2O2S. The molecular weight excluding hydrogens is 339 g/mol. The van der Waals surface area contributed by atoms with Gasteiger partial charge in [0.1, 0.15) is 17.3 Å². The summed E-state index contributed by atoms with van der Waals surface area (Å²) in [6, 6.07) is 14.0. The van der Waals surface area contributed by atoms with Crippen LogP contribution in [0.3, 0.4) is 0 Å². The zero-order valence-electron chi connectivity index (χ0n) is 13.5. The molecule has 3 aromatic rings. The molecule has 0 saturated heterocycles. The summed E-state index contributed by atoms with van der Waals surface area (Å²) >= 11 is 1.34. The van der Waals surface area contributed by atoms with Crippen LogP contribution >= 0.6 is 11.5 Å². The van der Waals surface area contributed by atoms with Gasteiger partial charge in [0.15, 0.2) is 0 Å². The quantitative estimate of drug-likeness (QED) is 0.757. The molecule has 126 valence electrons. The number of amides is 1. The number of hydrogen-bond acceptors (Lipinski definition) is 4. The molecule has 0 fully saturated rings. The van der Waals surface area contributed by atoms with Crippen LogP contribution in [0.15, 0.2) is 48.5 Å². The Kier molecular flexibility index (Phi) is 3.97. The molecule has 1 N–H and O–H groups in total. The molecule has 4 nitrogen and oxygen atoms in total. The molecule has 0 aliphatic carbocycles. The van der Waals surface area contributed by atoms with Crippen LogP contribution in [0.25, 0.3) is 11.3 Å². The van der Waals surface area contributed by atoms with Gasteiger partial charge >= 0.3 is 0 Å². The average molecular weight is 354 g/mol. The monoisotopic (exact) mass is 354 g/mol. The van der Waals surface area contributed by atoms with E-state index in [0.29, 0.717) is 23.4 Å². The van der Waals surface area contributed by atoms with Crippen LogP contribution < -0.4 is 10.1 Å². The molecule has 6 heteroatoms. The molecule has 4 rings (SSSR count). The van der Waals surface area contributed by atoms with Gasteiger partial charge in [-0.3, -0.25) is 4.79 Å². The van der Waals surface area contributed by atoms with Crippen molar-refractivity contribution in [3.05, 3.63) is 64.8 Å². The summed E-state index contributed by atoms with van der Waals surface area (Å²) in [5.74, 6) is 0.266. The first kappa shape index (κ1) is 15.8. The van der Waals surface area contributed by atoms with E-state index in [1.54, 1.807) is 19.2 Å². The number of hydrogen-bond donors (Lipinski definition) is 1. The number of carbonyl (C=O) groups excluding carboxylic acids is 1. The van der Waals surface area contributed by atoms with Crippen molar-refractivity contribution in [1.82, 2.24) is 4.37 Å². The van der Waals surface area contributed by atoms with E-state index in [1.807, 2.05) is 24.3 Å². The normalized spacial score (nSPS) is 16.2. The molecule has 0 bridgehead atoms. The number of nitrogens with zero attached hydrogens (tertiary/aromatic N) is 1. The Morgan fingerprint density at radius 3 is 2.88 bits per heavy atom. The van der Waals surface area contributed by atoms with Crippen molar-refractivity contribution in [2.75, 3.05) is 12.4 Å². The molecule has 2 heterocycles. The number of fused-ring (bicyclic) bond motifs is 1. The van der Waals surface area contributed by atoms with Crippen molar-refractivity contribution < 1.29 is 13.9 Å². The molecule has 0 spiro atoms. The minimum atomic E-state index is -0.328. The second-order valence-corrected chi connectivity index (χ2v) is 6.67. The molecule has 2 aromatic carbocycles. The highest BCUT2D eigenvalue weighted by atomic mass is 32.1. The van der Waals surface area contributed by atoms with Crippen LogP contribution in [0.2, 0.25) is 0 Å². The van der Waals surface area contributed by atoms with Gasteiger partial charge in [-0.1, -0.05) is 24.3 Å². The third kappa shape index (κ3) is 2.89. The maximum atomic E-state index is 13.6. The predicted molar refractivity (Wildman–Crippen MR) is 95.6 cm³/mol. The number of benzene rings is 2.